The van der Waals surface area contributed by atoms with Crippen LogP contribution in [0.1, 0.15) is 39.0 Å². The molecule has 0 unspecified atom stereocenters. The maximum absolute atomic E-state index is 15.4. The van der Waals surface area contributed by atoms with Crippen LogP contribution in [-0.4, -0.2) is 56.4 Å². The fraction of sp³-hybridized carbons (Fsp3) is 0.360. The molecule has 0 radical (unpaired) electrons. The number of halogens is 3. The molecule has 1 saturated heterocycles. The molecule has 1 N–H and O–H groups in total. The molecule has 39 heavy (non-hydrogen) atoms. The molecule has 0 bridgehead atoms. The Kier molecular flexibility index (Phi) is 7.33. The number of fused-ring (bicyclic) bond motifs is 1. The van der Waals surface area contributed by atoms with Crippen LogP contribution in [0.4, 0.5) is 24.5 Å². The van der Waals surface area contributed by atoms with Crippen LogP contribution in [0.5, 0.6) is 11.9 Å². The van der Waals surface area contributed by atoms with Gasteiger partial charge in [0.1, 0.15) is 29.4 Å². The molecule has 3 heterocycles. The van der Waals surface area contributed by atoms with E-state index in [-0.39, 0.29) is 59.1 Å². The Morgan fingerprint density at radius 2 is 1.92 bits per heavy atom. The number of aromatic nitrogens is 3. The van der Waals surface area contributed by atoms with Crippen LogP contribution in [0.3, 0.4) is 0 Å². The van der Waals surface area contributed by atoms with Crippen molar-refractivity contribution in [2.24, 2.45) is 0 Å². The summed E-state index contributed by atoms with van der Waals surface area (Å²) in [5.41, 5.74) is -2.61. The Hall–Kier alpha value is -4.09. The zero-order valence-corrected chi connectivity index (χ0v) is 22.1. The summed E-state index contributed by atoms with van der Waals surface area (Å²) in [7, 11) is 0. The van der Waals surface area contributed by atoms with Crippen LogP contribution in [0.2, 0.25) is 0 Å². The first-order valence-electron chi connectivity index (χ1n) is 11.7. The monoisotopic (exact) mass is 560 g/mol. The first-order valence-corrected chi connectivity index (χ1v) is 12.1. The summed E-state index contributed by atoms with van der Waals surface area (Å²) in [5.74, 6) is -4.86. The fourth-order valence-electron chi connectivity index (χ4n) is 4.16. The van der Waals surface area contributed by atoms with E-state index >= 15 is 4.39 Å². The number of aliphatic hydroxyl groups excluding tert-OH is 1. The summed E-state index contributed by atoms with van der Waals surface area (Å²) in [6, 6.07) is 5.07. The third-order valence-electron chi connectivity index (χ3n) is 5.92. The van der Waals surface area contributed by atoms with Gasteiger partial charge in [0.25, 0.3) is 11.8 Å². The molecule has 0 saturated carbocycles. The third kappa shape index (κ3) is 4.90. The fourth-order valence-corrected chi connectivity index (χ4v) is 4.68. The van der Waals surface area contributed by atoms with Crippen LogP contribution in [0.15, 0.2) is 24.4 Å². The molecule has 14 heteroatoms. The van der Waals surface area contributed by atoms with Crippen molar-refractivity contribution in [3.63, 3.8) is 0 Å². The molecule has 1 aromatic carbocycles. The smallest absolute Gasteiger partial charge is 0.320 e. The summed E-state index contributed by atoms with van der Waals surface area (Å²) in [6.07, 6.45) is 1.10. The van der Waals surface area contributed by atoms with Crippen molar-refractivity contribution in [3.05, 3.63) is 41.5 Å². The summed E-state index contributed by atoms with van der Waals surface area (Å²) in [4.78, 5) is 28.0. The van der Waals surface area contributed by atoms with Crippen LogP contribution >= 0.6 is 12.2 Å². The average molecular weight is 561 g/mol. The van der Waals surface area contributed by atoms with Crippen molar-refractivity contribution in [2.45, 2.75) is 39.2 Å². The largest absolute Gasteiger partial charge is 0.475 e. The van der Waals surface area contributed by atoms with Crippen molar-refractivity contribution in [1.82, 2.24) is 15.0 Å². The highest BCUT2D eigenvalue weighted by Gasteiger charge is 2.51. The van der Waals surface area contributed by atoms with E-state index in [0.717, 1.165) is 23.2 Å². The molecule has 0 spiro atoms. The Balaban J connectivity index is 1.86. The molecule has 204 valence electrons. The Morgan fingerprint density at radius 1 is 1.21 bits per heavy atom. The SMILES string of the molecule is CCOc1nc(OCCO)c2cc(N3C(=S)N(c4cnc(C#N)c(C(C)(F)F)c4)C(=O)C3(C)C)cc(F)c2n1. The molecule has 1 amide bonds. The predicted octanol–water partition coefficient (Wildman–Crippen LogP) is 3.83. The second-order valence-electron chi connectivity index (χ2n) is 9.05. The maximum atomic E-state index is 15.4. The van der Waals surface area contributed by atoms with Gasteiger partial charge in [-0.3, -0.25) is 9.69 Å². The number of hydrogen-bond acceptors (Lipinski definition) is 9. The van der Waals surface area contributed by atoms with Gasteiger partial charge in [0.05, 0.1) is 36.0 Å². The van der Waals surface area contributed by atoms with Gasteiger partial charge in [-0.25, -0.2) is 18.2 Å². The number of nitrogens with zero attached hydrogens (tertiary/aromatic N) is 6. The van der Waals surface area contributed by atoms with E-state index in [1.54, 1.807) is 13.0 Å². The van der Waals surface area contributed by atoms with Gasteiger partial charge < -0.3 is 19.5 Å². The summed E-state index contributed by atoms with van der Waals surface area (Å²) >= 11 is 5.59. The lowest BCUT2D eigenvalue weighted by atomic mass is 10.0. The second kappa shape index (κ2) is 10.2. The number of nitriles is 1. The first-order chi connectivity index (χ1) is 18.3. The maximum Gasteiger partial charge on any atom is 0.320 e. The number of benzene rings is 1. The third-order valence-corrected chi connectivity index (χ3v) is 6.29. The summed E-state index contributed by atoms with van der Waals surface area (Å²) in [5, 5.41) is 18.4. The number of alkyl halides is 2. The lowest BCUT2D eigenvalue weighted by molar-refractivity contribution is -0.120. The topological polar surface area (TPSA) is 125 Å². The lowest BCUT2D eigenvalue weighted by Crippen LogP contribution is -2.44. The number of hydrogen-bond donors (Lipinski definition) is 1. The van der Waals surface area contributed by atoms with Crippen molar-refractivity contribution < 1.29 is 32.5 Å². The molecule has 2 aromatic heterocycles. The molecule has 1 aliphatic rings. The van der Waals surface area contributed by atoms with E-state index in [0.29, 0.717) is 6.92 Å². The van der Waals surface area contributed by atoms with E-state index in [4.69, 9.17) is 21.7 Å². The van der Waals surface area contributed by atoms with Gasteiger partial charge in [0, 0.05) is 12.6 Å². The van der Waals surface area contributed by atoms with Crippen molar-refractivity contribution in [1.29, 1.82) is 5.26 Å². The zero-order valence-electron chi connectivity index (χ0n) is 21.3. The molecule has 0 atom stereocenters. The average Bonchev–Trinajstić information content (AvgIpc) is 3.05. The second-order valence-corrected chi connectivity index (χ2v) is 9.41. The molecule has 0 aliphatic carbocycles. The van der Waals surface area contributed by atoms with E-state index in [1.165, 1.54) is 24.8 Å². The number of amides is 1. The number of ether oxygens (including phenoxy) is 2. The molecule has 10 nitrogen and oxygen atoms in total. The van der Waals surface area contributed by atoms with Crippen molar-refractivity contribution in [2.75, 3.05) is 29.6 Å². The first kappa shape index (κ1) is 27.9. The standard InChI is InChI=1S/C25H23F3N6O4S/c1-5-37-22-31-19-15(20(32-22)38-7-6-35)8-13(10-17(19)26)34-23(39)33(21(36)24(34,2)3)14-9-16(25(4,27)28)18(11-29)30-12-14/h8-10,12,35H,5-7H2,1-4H3. The van der Waals surface area contributed by atoms with Gasteiger partial charge in [0.15, 0.2) is 10.9 Å². The van der Waals surface area contributed by atoms with Gasteiger partial charge in [-0.15, -0.1) is 0 Å². The van der Waals surface area contributed by atoms with E-state index < -0.39 is 34.4 Å². The number of thiocarbonyl (C=S) groups is 1. The minimum Gasteiger partial charge on any atom is -0.475 e. The summed E-state index contributed by atoms with van der Waals surface area (Å²) in [6.45, 7) is 5.13. The lowest BCUT2D eigenvalue weighted by Gasteiger charge is -2.29. The van der Waals surface area contributed by atoms with Crippen LogP contribution in [-0.2, 0) is 10.7 Å². The normalized spacial score (nSPS) is 15.2. The molecule has 1 fully saturated rings. The Bertz CT molecular complexity index is 1520. The van der Waals surface area contributed by atoms with Crippen LogP contribution < -0.4 is 19.3 Å². The number of pyridine rings is 1. The van der Waals surface area contributed by atoms with E-state index in [2.05, 4.69) is 15.0 Å². The van der Waals surface area contributed by atoms with E-state index in [1.807, 2.05) is 0 Å². The van der Waals surface area contributed by atoms with Crippen LogP contribution in [0.25, 0.3) is 10.9 Å². The zero-order chi connectivity index (χ0) is 28.7. The number of anilines is 2. The number of carbonyl (C=O) groups excluding carboxylic acids is 1. The van der Waals surface area contributed by atoms with Gasteiger partial charge in [0.2, 0.25) is 5.88 Å². The Morgan fingerprint density at radius 3 is 2.54 bits per heavy atom. The minimum atomic E-state index is -3.42. The number of rotatable bonds is 8. The number of aliphatic hydroxyl groups is 1. The van der Waals surface area contributed by atoms with E-state index in [9.17, 15) is 23.9 Å². The number of carbonyl (C=O) groups is 1. The summed E-state index contributed by atoms with van der Waals surface area (Å²) < 4.78 is 54.7. The molecule has 3 aromatic rings. The highest BCUT2D eigenvalue weighted by Crippen LogP contribution is 2.40. The minimum absolute atomic E-state index is 0.0598. The van der Waals surface area contributed by atoms with Gasteiger partial charge in [-0.2, -0.15) is 15.2 Å². The molecule has 4 rings (SSSR count). The quantitative estimate of drug-likeness (QED) is 0.407. The van der Waals surface area contributed by atoms with Crippen molar-refractivity contribution in [3.8, 4) is 18.0 Å². The molecule has 1 aliphatic heterocycles. The Labute approximate surface area is 226 Å². The highest BCUT2D eigenvalue weighted by molar-refractivity contribution is 7.81. The van der Waals surface area contributed by atoms with Gasteiger partial charge in [-0.1, -0.05) is 0 Å². The van der Waals surface area contributed by atoms with Crippen LogP contribution in [0, 0.1) is 17.1 Å². The predicted molar refractivity (Wildman–Crippen MR) is 138 cm³/mol. The molecular formula is C25H23F3N6O4S. The molecular weight excluding hydrogens is 537 g/mol. The van der Waals surface area contributed by atoms with Gasteiger partial charge in [-0.05, 0) is 51.2 Å². The highest BCUT2D eigenvalue weighted by atomic mass is 32.1. The van der Waals surface area contributed by atoms with Crippen molar-refractivity contribution >= 4 is 45.5 Å². The van der Waals surface area contributed by atoms with Gasteiger partial charge >= 0.3 is 6.01 Å².